The van der Waals surface area contributed by atoms with Gasteiger partial charge < -0.3 is 45.1 Å². The number of carboxylic acid groups (broad SMARTS) is 2. The molecule has 362 valence electrons. The van der Waals surface area contributed by atoms with Crippen LogP contribution >= 0.6 is 11.6 Å². The van der Waals surface area contributed by atoms with Gasteiger partial charge in [-0.3, -0.25) is 19.2 Å². The number of ether oxygens (including phenoxy) is 2. The number of nitrogens with zero attached hydrogens (tertiary/aromatic N) is 2. The van der Waals surface area contributed by atoms with E-state index in [4.69, 9.17) is 31.9 Å². The number of hydrogen-bond acceptors (Lipinski definition) is 11. The van der Waals surface area contributed by atoms with Gasteiger partial charge in [-0.15, -0.1) is 0 Å². The minimum atomic E-state index is -1.37. The topological polar surface area (TPSA) is 219 Å². The lowest BCUT2D eigenvalue weighted by Crippen LogP contribution is -2.64. The number of aliphatic hydroxyl groups is 2. The number of nitrogens with two attached hydrogens (primary N) is 1. The first-order valence-electron chi connectivity index (χ1n) is 23.3. The molecule has 1 aromatic carbocycles. The van der Waals surface area contributed by atoms with Gasteiger partial charge in [0.1, 0.15) is 24.2 Å². The number of anilines is 1. The number of Topliss-reactive ketones (excluding diaryl/α,β-unsaturated/α-hetero) is 1. The van der Waals surface area contributed by atoms with Gasteiger partial charge in [0.2, 0.25) is 5.43 Å². The normalized spacial score (nSPS) is 33.8. The van der Waals surface area contributed by atoms with Gasteiger partial charge in [-0.1, -0.05) is 58.2 Å². The van der Waals surface area contributed by atoms with E-state index >= 15 is 4.39 Å². The number of halogens is 3. The highest BCUT2D eigenvalue weighted by atomic mass is 35.5. The minimum absolute atomic E-state index is 0.00143. The molecule has 2 saturated heterocycles. The molecule has 0 bridgehead atoms. The lowest BCUT2D eigenvalue weighted by Gasteiger charge is -2.60. The number of hydrogen-bond donors (Lipinski definition) is 5. The molecule has 5 aliphatic carbocycles. The molecule has 6 N–H and O–H groups in total. The summed E-state index contributed by atoms with van der Waals surface area (Å²) in [5.41, 5.74) is 2.96. The van der Waals surface area contributed by atoms with Gasteiger partial charge in [0.25, 0.3) is 0 Å². The third-order valence-corrected chi connectivity index (χ3v) is 15.9. The van der Waals surface area contributed by atoms with Crippen LogP contribution in [0.1, 0.15) is 122 Å². The van der Waals surface area contributed by atoms with E-state index in [0.29, 0.717) is 30.6 Å². The van der Waals surface area contributed by atoms with E-state index in [0.717, 1.165) is 51.0 Å². The van der Waals surface area contributed by atoms with Crippen LogP contribution in [0.3, 0.4) is 0 Å². The quantitative estimate of drug-likeness (QED) is 0.164. The van der Waals surface area contributed by atoms with Crippen LogP contribution in [0, 0.1) is 40.3 Å². The first kappa shape index (κ1) is 49.8. The molecule has 3 heterocycles. The van der Waals surface area contributed by atoms with Crippen molar-refractivity contribution in [2.24, 2.45) is 40.2 Å². The van der Waals surface area contributed by atoms with Crippen LogP contribution in [-0.2, 0) is 23.9 Å². The molecule has 10 atom stereocenters. The summed E-state index contributed by atoms with van der Waals surface area (Å²) in [6.45, 7) is 11.8. The Morgan fingerprint density at radius 1 is 1.05 bits per heavy atom. The summed E-state index contributed by atoms with van der Waals surface area (Å²) in [6.07, 6.45) is 10.3. The van der Waals surface area contributed by atoms with Crippen LogP contribution in [0.25, 0.3) is 10.9 Å². The summed E-state index contributed by atoms with van der Waals surface area (Å²) in [4.78, 5) is 61.2. The summed E-state index contributed by atoms with van der Waals surface area (Å²) in [5, 5.41) is 39.3. The van der Waals surface area contributed by atoms with Gasteiger partial charge in [-0.25, -0.2) is 13.6 Å². The predicted octanol–water partition coefficient (Wildman–Crippen LogP) is 6.93. The minimum Gasteiger partial charge on any atom is -0.481 e. The summed E-state index contributed by atoms with van der Waals surface area (Å²) in [6, 6.07) is 1.14. The molecule has 2 aromatic rings. The van der Waals surface area contributed by atoms with Gasteiger partial charge in [0, 0.05) is 48.1 Å². The van der Waals surface area contributed by atoms with Gasteiger partial charge >= 0.3 is 11.9 Å². The summed E-state index contributed by atoms with van der Waals surface area (Å²) in [7, 11) is 0. The standard InChI is InChI=1S/C24H31FO6.C17H17ClFN3O3.C8H16O2/c1-21(2)30-19-9-14-13-8-16(25)15-7-12(27)5-6-22(15,3)20(13)17(28)10-23(14,4)24(19,31-21)18(29)11-26;18-13-14-10(5-12(19)15(13)21-4-3-8(20)6-21)16(23)11(17(24)25)7-22(14)9-1-2-9;1-3-5-7(6-4-2)8(9)10/h5-7,13-14,16-17,19-20,26,28H,8-11H2,1-4H3;5,7-9H,1-4,6,20H2,(H,24,25);7H,3-6H2,1-2H3,(H,9,10)/t13-,14-,16-,17-,19+,20+,22-,23-,24+;;/m0../s1. The van der Waals surface area contributed by atoms with E-state index in [1.54, 1.807) is 29.4 Å². The largest absolute Gasteiger partial charge is 0.481 e. The Morgan fingerprint density at radius 2 is 1.71 bits per heavy atom. The van der Waals surface area contributed by atoms with Crippen LogP contribution < -0.4 is 16.1 Å². The number of aromatic carboxylic acids is 1. The molecular weight excluding hydrogens is 880 g/mol. The fraction of sp³-hybridized carbons (Fsp3) is 0.653. The molecule has 9 rings (SSSR count). The molecule has 0 radical (unpaired) electrons. The van der Waals surface area contributed by atoms with Gasteiger partial charge in [0.05, 0.1) is 39.7 Å². The molecule has 0 spiro atoms. The highest BCUT2D eigenvalue weighted by Gasteiger charge is 2.77. The number of carbonyl (C=O) groups excluding carboxylic acids is 2. The SMILES string of the molecule is CC1(C)O[C@@H]2C[C@H]3[C@@H]4C[C@H](F)C5=CC(=O)C=C[C@]5(C)[C@H]4[C@@H](O)C[C@]3(C)[C@]2(C(=O)CO)O1.CCCC(CCC)C(=O)O.NC1CCN(c2c(F)cc3c(=O)c(C(=O)O)cn(C4CC4)c3c2Cl)C1. The molecule has 14 nitrogen and oxygen atoms in total. The van der Waals surface area contributed by atoms with Crippen molar-refractivity contribution in [2.75, 3.05) is 24.6 Å². The third kappa shape index (κ3) is 8.45. The van der Waals surface area contributed by atoms with E-state index in [9.17, 15) is 43.7 Å². The second kappa shape index (κ2) is 18.4. The van der Waals surface area contributed by atoms with Crippen LogP contribution in [0.15, 0.2) is 40.9 Å². The van der Waals surface area contributed by atoms with Crippen LogP contribution in [0.2, 0.25) is 5.02 Å². The molecule has 7 aliphatic rings. The molecule has 2 aliphatic heterocycles. The fourth-order valence-electron chi connectivity index (χ4n) is 12.6. The lowest BCUT2D eigenvalue weighted by atomic mass is 9.46. The zero-order chi connectivity index (χ0) is 48.4. The number of aromatic nitrogens is 1. The Labute approximate surface area is 388 Å². The lowest BCUT2D eigenvalue weighted by molar-refractivity contribution is -0.226. The second-order valence-corrected chi connectivity index (χ2v) is 20.7. The molecule has 1 unspecified atom stereocenters. The average molecular weight is 945 g/mol. The molecule has 0 amide bonds. The third-order valence-electron chi connectivity index (χ3n) is 15.5. The summed E-state index contributed by atoms with van der Waals surface area (Å²) in [5.74, 6) is -4.97. The average Bonchev–Trinajstić information content (AvgIpc) is 3.87. The highest BCUT2D eigenvalue weighted by molar-refractivity contribution is 6.38. The maximum absolute atomic E-state index is 15.4. The number of carboxylic acids is 2. The number of allylic oxidation sites excluding steroid dienone is 4. The van der Waals surface area contributed by atoms with Crippen molar-refractivity contribution in [3.63, 3.8) is 0 Å². The maximum Gasteiger partial charge on any atom is 0.341 e. The first-order valence-corrected chi connectivity index (χ1v) is 23.7. The van der Waals surface area contributed by atoms with E-state index < -0.39 is 76.2 Å². The number of aliphatic hydroxyl groups excluding tert-OH is 2. The Kier molecular flexibility index (Phi) is 13.9. The van der Waals surface area contributed by atoms with E-state index in [1.165, 1.54) is 18.3 Å². The number of aliphatic carboxylic acids is 1. The van der Waals surface area contributed by atoms with E-state index in [-0.39, 0.29) is 76.0 Å². The Balaban J connectivity index is 0.000000166. The van der Waals surface area contributed by atoms with Crippen LogP contribution in [-0.4, -0.2) is 104 Å². The molecule has 6 fully saturated rings. The zero-order valence-corrected chi connectivity index (χ0v) is 39.3. The zero-order valence-electron chi connectivity index (χ0n) is 38.5. The molecule has 17 heteroatoms. The smallest absolute Gasteiger partial charge is 0.341 e. The van der Waals surface area contributed by atoms with Gasteiger partial charge in [-0.05, 0) is 101 Å². The van der Waals surface area contributed by atoms with Gasteiger partial charge in [0.15, 0.2) is 23.0 Å². The fourth-order valence-corrected chi connectivity index (χ4v) is 13.1. The number of carbonyl (C=O) groups is 4. The van der Waals surface area contributed by atoms with Crippen molar-refractivity contribution < 1.29 is 57.9 Å². The molecule has 4 saturated carbocycles. The number of fused-ring (bicyclic) bond motifs is 8. The first-order chi connectivity index (χ1) is 31.0. The Bertz CT molecular complexity index is 2400. The van der Waals surface area contributed by atoms with Crippen molar-refractivity contribution in [2.45, 2.75) is 148 Å². The summed E-state index contributed by atoms with van der Waals surface area (Å²) < 4.78 is 44.3. The van der Waals surface area contributed by atoms with Crippen molar-refractivity contribution in [3.8, 4) is 0 Å². The van der Waals surface area contributed by atoms with Crippen LogP contribution in [0.5, 0.6) is 0 Å². The summed E-state index contributed by atoms with van der Waals surface area (Å²) >= 11 is 6.53. The van der Waals surface area contributed by atoms with Crippen molar-refractivity contribution in [1.82, 2.24) is 4.57 Å². The maximum atomic E-state index is 15.4. The number of ketones is 2. The molecule has 66 heavy (non-hydrogen) atoms. The second-order valence-electron chi connectivity index (χ2n) is 20.3. The Hall–Kier alpha value is -4.06. The monoisotopic (exact) mass is 943 g/mol. The molecule has 1 aromatic heterocycles. The predicted molar refractivity (Wildman–Crippen MR) is 243 cm³/mol. The highest BCUT2D eigenvalue weighted by Crippen LogP contribution is 2.70. The van der Waals surface area contributed by atoms with E-state index in [2.05, 4.69) is 0 Å². The Morgan fingerprint density at radius 3 is 2.27 bits per heavy atom. The van der Waals surface area contributed by atoms with Crippen LogP contribution in [0.4, 0.5) is 14.5 Å². The number of rotatable bonds is 10. The van der Waals surface area contributed by atoms with Crippen molar-refractivity contribution >= 4 is 51.7 Å². The molecular formula is C49H64ClF2N3O11. The van der Waals surface area contributed by atoms with Crippen molar-refractivity contribution in [3.05, 3.63) is 62.7 Å². The van der Waals surface area contributed by atoms with Gasteiger partial charge in [-0.2, -0.15) is 0 Å². The van der Waals surface area contributed by atoms with E-state index in [1.807, 2.05) is 27.7 Å². The number of pyridine rings is 1. The number of alkyl halides is 1. The number of benzene rings is 1. The van der Waals surface area contributed by atoms with Crippen molar-refractivity contribution in [1.29, 1.82) is 0 Å².